The van der Waals surface area contributed by atoms with Gasteiger partial charge in [-0.2, -0.15) is 0 Å². The van der Waals surface area contributed by atoms with Crippen LogP contribution in [0.3, 0.4) is 0 Å². The molecule has 1 heterocycles. The summed E-state index contributed by atoms with van der Waals surface area (Å²) in [6.45, 7) is 0. The Labute approximate surface area is 381 Å². The summed E-state index contributed by atoms with van der Waals surface area (Å²) in [6, 6.07) is 88.4. The topological polar surface area (TPSA) is 3.24 Å². The molecule has 0 bridgehead atoms. The maximum atomic E-state index is 2.49. The standard InChI is InChI=1S/C63H39NS/c1-2-12-42-35-44(22-21-40(42)11-1)47-26-25-45-36-43(23-24-46(45)37-47)41-27-29-48(30-28-41)64(50-32-34-56-55-16-6-10-20-61(55)65-62(56)39-50)49-31-33-54-53-15-5-9-19-59(53)63(60(54)38-49)57-17-7-3-13-51(57)52-14-4-8-18-58(52)63/h1-39H. The van der Waals surface area contributed by atoms with Gasteiger partial charge >= 0.3 is 0 Å². The fraction of sp³-hybridized carbons (Fsp3) is 0.0159. The summed E-state index contributed by atoms with van der Waals surface area (Å²) in [7, 11) is 0. The first-order valence-electron chi connectivity index (χ1n) is 22.5. The van der Waals surface area contributed by atoms with Gasteiger partial charge in [0.25, 0.3) is 0 Å². The Morgan fingerprint density at radius 3 is 1.38 bits per heavy atom. The lowest BCUT2D eigenvalue weighted by Crippen LogP contribution is -2.26. The molecule has 0 saturated carbocycles. The highest BCUT2D eigenvalue weighted by Crippen LogP contribution is 2.63. The zero-order valence-electron chi connectivity index (χ0n) is 35.4. The van der Waals surface area contributed by atoms with Gasteiger partial charge < -0.3 is 4.90 Å². The second-order valence-electron chi connectivity index (χ2n) is 17.6. The molecule has 12 aromatic rings. The second kappa shape index (κ2) is 14.0. The summed E-state index contributed by atoms with van der Waals surface area (Å²) in [5.74, 6) is 0. The van der Waals surface area contributed by atoms with Crippen molar-refractivity contribution in [1.29, 1.82) is 0 Å². The van der Waals surface area contributed by atoms with E-state index in [1.165, 1.54) is 108 Å². The summed E-state index contributed by atoms with van der Waals surface area (Å²) in [5.41, 5.74) is 18.5. The first kappa shape index (κ1) is 36.4. The molecule has 302 valence electrons. The number of nitrogens with zero attached hydrogens (tertiary/aromatic N) is 1. The molecule has 65 heavy (non-hydrogen) atoms. The predicted octanol–water partition coefficient (Wildman–Crippen LogP) is 17.5. The van der Waals surface area contributed by atoms with E-state index in [2.05, 4.69) is 241 Å². The molecular formula is C63H39NS. The fourth-order valence-electron chi connectivity index (χ4n) is 11.3. The van der Waals surface area contributed by atoms with E-state index in [9.17, 15) is 0 Å². The van der Waals surface area contributed by atoms with Crippen LogP contribution in [0, 0.1) is 0 Å². The Morgan fingerprint density at radius 2 is 0.723 bits per heavy atom. The lowest BCUT2D eigenvalue weighted by molar-refractivity contribution is 0.793. The van der Waals surface area contributed by atoms with Crippen molar-refractivity contribution in [2.24, 2.45) is 0 Å². The zero-order valence-corrected chi connectivity index (χ0v) is 36.2. The summed E-state index contributed by atoms with van der Waals surface area (Å²) < 4.78 is 2.60. The van der Waals surface area contributed by atoms with Crippen molar-refractivity contribution in [2.45, 2.75) is 5.41 Å². The molecule has 0 fully saturated rings. The summed E-state index contributed by atoms with van der Waals surface area (Å²) >= 11 is 1.87. The molecule has 0 amide bonds. The highest BCUT2D eigenvalue weighted by atomic mass is 32.1. The number of hydrogen-bond acceptors (Lipinski definition) is 2. The average molecular weight is 842 g/mol. The van der Waals surface area contributed by atoms with Gasteiger partial charge in [-0.3, -0.25) is 0 Å². The molecule has 0 atom stereocenters. The third-order valence-corrected chi connectivity index (χ3v) is 15.4. The van der Waals surface area contributed by atoms with Crippen molar-refractivity contribution in [2.75, 3.05) is 4.90 Å². The van der Waals surface area contributed by atoms with Gasteiger partial charge in [-0.15, -0.1) is 11.3 Å². The molecule has 0 saturated heterocycles. The Kier molecular flexibility index (Phi) is 7.84. The van der Waals surface area contributed by atoms with Crippen LogP contribution >= 0.6 is 11.3 Å². The van der Waals surface area contributed by atoms with E-state index < -0.39 is 5.41 Å². The largest absolute Gasteiger partial charge is 0.310 e. The molecular weight excluding hydrogens is 803 g/mol. The molecule has 0 aliphatic heterocycles. The smallest absolute Gasteiger partial charge is 0.0726 e. The minimum Gasteiger partial charge on any atom is -0.310 e. The number of thiophene rings is 1. The molecule has 1 nitrogen and oxygen atoms in total. The van der Waals surface area contributed by atoms with E-state index in [1.54, 1.807) is 0 Å². The SMILES string of the molecule is c1ccc2c(c1)-c1ccccc1C21c2ccccc2-c2ccc(N(c3ccc(-c4ccc5cc(-c6ccc7ccccc7c6)ccc5c4)cc3)c3ccc4c(c3)sc3ccccc34)cc21. The average Bonchev–Trinajstić information content (AvgIpc) is 4.00. The summed E-state index contributed by atoms with van der Waals surface area (Å²) in [4.78, 5) is 2.46. The quantitative estimate of drug-likeness (QED) is 0.167. The molecule has 2 aliphatic rings. The number of anilines is 3. The van der Waals surface area contributed by atoms with Crippen molar-refractivity contribution in [3.63, 3.8) is 0 Å². The van der Waals surface area contributed by atoms with Crippen molar-refractivity contribution in [1.82, 2.24) is 0 Å². The van der Waals surface area contributed by atoms with E-state index in [1.807, 2.05) is 11.3 Å². The van der Waals surface area contributed by atoms with Crippen LogP contribution in [0.2, 0.25) is 0 Å². The number of fused-ring (bicyclic) bond motifs is 15. The van der Waals surface area contributed by atoms with Gasteiger partial charge in [0.1, 0.15) is 0 Å². The highest BCUT2D eigenvalue weighted by molar-refractivity contribution is 7.25. The minimum absolute atomic E-state index is 0.424. The minimum atomic E-state index is -0.424. The van der Waals surface area contributed by atoms with Crippen LogP contribution in [-0.4, -0.2) is 0 Å². The van der Waals surface area contributed by atoms with Crippen LogP contribution in [0.15, 0.2) is 237 Å². The van der Waals surface area contributed by atoms with Crippen LogP contribution in [0.4, 0.5) is 17.1 Å². The first-order valence-corrected chi connectivity index (χ1v) is 23.3. The maximum Gasteiger partial charge on any atom is 0.0726 e. The molecule has 1 aromatic heterocycles. The van der Waals surface area contributed by atoms with Gasteiger partial charge in [0.2, 0.25) is 0 Å². The molecule has 0 radical (unpaired) electrons. The van der Waals surface area contributed by atoms with Gasteiger partial charge in [-0.1, -0.05) is 176 Å². The molecule has 0 unspecified atom stereocenters. The lowest BCUT2D eigenvalue weighted by Gasteiger charge is -2.32. The van der Waals surface area contributed by atoms with Crippen LogP contribution in [0.5, 0.6) is 0 Å². The lowest BCUT2D eigenvalue weighted by atomic mass is 9.70. The Balaban J connectivity index is 0.902. The van der Waals surface area contributed by atoms with Crippen LogP contribution in [0.1, 0.15) is 22.3 Å². The molecule has 1 spiro atoms. The predicted molar refractivity (Wildman–Crippen MR) is 276 cm³/mol. The molecule has 11 aromatic carbocycles. The van der Waals surface area contributed by atoms with E-state index in [4.69, 9.17) is 0 Å². The molecule has 2 aliphatic carbocycles. The van der Waals surface area contributed by atoms with E-state index >= 15 is 0 Å². The third-order valence-electron chi connectivity index (χ3n) is 14.2. The third kappa shape index (κ3) is 5.38. The van der Waals surface area contributed by atoms with Gasteiger partial charge in [0, 0.05) is 37.2 Å². The van der Waals surface area contributed by atoms with E-state index in [-0.39, 0.29) is 0 Å². The van der Waals surface area contributed by atoms with Crippen molar-refractivity contribution < 1.29 is 0 Å². The second-order valence-corrected chi connectivity index (χ2v) is 18.7. The van der Waals surface area contributed by atoms with Gasteiger partial charge in [-0.25, -0.2) is 0 Å². The number of benzene rings is 11. The molecule has 2 heteroatoms. The Bertz CT molecular complexity index is 3850. The Hall–Kier alpha value is -8.04. The molecule has 0 N–H and O–H groups in total. The van der Waals surface area contributed by atoms with Gasteiger partial charge in [-0.05, 0) is 149 Å². The number of hydrogen-bond donors (Lipinski definition) is 0. The zero-order chi connectivity index (χ0) is 42.6. The van der Waals surface area contributed by atoms with Crippen molar-refractivity contribution in [3.8, 4) is 44.5 Å². The summed E-state index contributed by atoms with van der Waals surface area (Å²) in [6.07, 6.45) is 0. The highest BCUT2D eigenvalue weighted by Gasteiger charge is 2.51. The van der Waals surface area contributed by atoms with Crippen LogP contribution in [-0.2, 0) is 5.41 Å². The van der Waals surface area contributed by atoms with Crippen LogP contribution < -0.4 is 4.90 Å². The van der Waals surface area contributed by atoms with Crippen molar-refractivity contribution >= 4 is 70.1 Å². The fourth-order valence-corrected chi connectivity index (χ4v) is 12.4. The van der Waals surface area contributed by atoms with Crippen LogP contribution in [0.25, 0.3) is 86.2 Å². The van der Waals surface area contributed by atoms with Crippen molar-refractivity contribution in [3.05, 3.63) is 259 Å². The van der Waals surface area contributed by atoms with Gasteiger partial charge in [0.15, 0.2) is 0 Å². The summed E-state index contributed by atoms with van der Waals surface area (Å²) in [5, 5.41) is 7.61. The van der Waals surface area contributed by atoms with Gasteiger partial charge in [0.05, 0.1) is 5.41 Å². The van der Waals surface area contributed by atoms with E-state index in [0.29, 0.717) is 0 Å². The first-order chi connectivity index (χ1) is 32.2. The molecule has 14 rings (SSSR count). The normalized spacial score (nSPS) is 13.0. The number of rotatable bonds is 5. The Morgan fingerprint density at radius 1 is 0.277 bits per heavy atom. The van der Waals surface area contributed by atoms with E-state index in [0.717, 1.165) is 17.1 Å². The monoisotopic (exact) mass is 841 g/mol. The maximum absolute atomic E-state index is 2.49.